The molecule has 0 bridgehead atoms. The van der Waals surface area contributed by atoms with Crippen LogP contribution in [0.4, 0.5) is 13.2 Å². The highest BCUT2D eigenvalue weighted by atomic mass is 79.9. The van der Waals surface area contributed by atoms with Crippen molar-refractivity contribution in [3.05, 3.63) is 0 Å². The average Bonchev–Trinajstić information content (AvgIpc) is 2.26. The number of amides is 1. The van der Waals surface area contributed by atoms with E-state index in [1.165, 1.54) is 6.42 Å². The highest BCUT2D eigenvalue weighted by Crippen LogP contribution is 2.29. The molecule has 1 N–H and O–H groups in total. The number of rotatable bonds is 5. The van der Waals surface area contributed by atoms with E-state index in [1.807, 2.05) is 0 Å². The molecule has 0 radical (unpaired) electrons. The lowest BCUT2D eigenvalue weighted by Gasteiger charge is -2.27. The van der Waals surface area contributed by atoms with Gasteiger partial charge in [0.2, 0.25) is 5.91 Å². The van der Waals surface area contributed by atoms with Crippen molar-refractivity contribution in [2.24, 2.45) is 5.92 Å². The van der Waals surface area contributed by atoms with E-state index in [0.717, 1.165) is 19.3 Å². The standard InChI is InChI=1S/C11H17BrF3NO2/c12-9-4-2-1-3-8(9)5-16-10(17)6-18-7-11(13,14)15/h8-9H,1-7H2,(H,16,17). The van der Waals surface area contributed by atoms with Crippen molar-refractivity contribution in [1.82, 2.24) is 5.32 Å². The Morgan fingerprint density at radius 3 is 2.61 bits per heavy atom. The Morgan fingerprint density at radius 2 is 2.00 bits per heavy atom. The van der Waals surface area contributed by atoms with E-state index in [1.54, 1.807) is 0 Å². The number of nitrogens with one attached hydrogen (secondary N) is 1. The van der Waals surface area contributed by atoms with Gasteiger partial charge in [-0.2, -0.15) is 13.2 Å². The number of hydrogen-bond donors (Lipinski definition) is 1. The molecule has 1 aliphatic carbocycles. The zero-order valence-electron chi connectivity index (χ0n) is 9.93. The van der Waals surface area contributed by atoms with Crippen LogP contribution in [0.1, 0.15) is 25.7 Å². The Bertz CT molecular complexity index is 274. The van der Waals surface area contributed by atoms with E-state index >= 15 is 0 Å². The molecule has 0 aromatic heterocycles. The molecule has 1 fully saturated rings. The number of carbonyl (C=O) groups is 1. The van der Waals surface area contributed by atoms with E-state index < -0.39 is 25.3 Å². The second-order valence-corrected chi connectivity index (χ2v) is 5.65. The molecule has 2 unspecified atom stereocenters. The van der Waals surface area contributed by atoms with Gasteiger partial charge in [0.1, 0.15) is 13.2 Å². The molecule has 3 nitrogen and oxygen atoms in total. The van der Waals surface area contributed by atoms with Crippen molar-refractivity contribution in [1.29, 1.82) is 0 Å². The SMILES string of the molecule is O=C(COCC(F)(F)F)NCC1CCCCC1Br. The summed E-state index contributed by atoms with van der Waals surface area (Å²) in [5.74, 6) is -0.144. The monoisotopic (exact) mass is 331 g/mol. The number of hydrogen-bond acceptors (Lipinski definition) is 2. The highest BCUT2D eigenvalue weighted by molar-refractivity contribution is 9.09. The second kappa shape index (κ2) is 7.33. The molecule has 0 heterocycles. The third-order valence-electron chi connectivity index (χ3n) is 2.88. The Kier molecular flexibility index (Phi) is 6.42. The van der Waals surface area contributed by atoms with Gasteiger partial charge in [-0.05, 0) is 18.8 Å². The first-order chi connectivity index (χ1) is 8.38. The van der Waals surface area contributed by atoms with Crippen LogP contribution in [0.2, 0.25) is 0 Å². The van der Waals surface area contributed by atoms with Crippen LogP contribution in [0.15, 0.2) is 0 Å². The molecule has 1 saturated carbocycles. The van der Waals surface area contributed by atoms with Crippen LogP contribution in [-0.4, -0.2) is 36.7 Å². The number of alkyl halides is 4. The van der Waals surface area contributed by atoms with E-state index in [4.69, 9.17) is 0 Å². The molecular formula is C11H17BrF3NO2. The third-order valence-corrected chi connectivity index (χ3v) is 4.08. The van der Waals surface area contributed by atoms with Gasteiger partial charge in [-0.1, -0.05) is 28.8 Å². The lowest BCUT2D eigenvalue weighted by Crippen LogP contribution is -2.37. The normalized spacial score (nSPS) is 24.9. The van der Waals surface area contributed by atoms with Crippen LogP contribution >= 0.6 is 15.9 Å². The molecule has 18 heavy (non-hydrogen) atoms. The van der Waals surface area contributed by atoms with Crippen molar-refractivity contribution in [2.45, 2.75) is 36.7 Å². The van der Waals surface area contributed by atoms with E-state index in [-0.39, 0.29) is 0 Å². The van der Waals surface area contributed by atoms with Crippen LogP contribution in [0, 0.1) is 5.92 Å². The van der Waals surface area contributed by atoms with Gasteiger partial charge in [0, 0.05) is 11.4 Å². The summed E-state index contributed by atoms with van der Waals surface area (Å²) >= 11 is 3.55. The molecule has 0 aromatic carbocycles. The fraction of sp³-hybridized carbons (Fsp3) is 0.909. The van der Waals surface area contributed by atoms with Gasteiger partial charge in [0.05, 0.1) is 0 Å². The van der Waals surface area contributed by atoms with Gasteiger partial charge in [-0.15, -0.1) is 0 Å². The maximum Gasteiger partial charge on any atom is 0.411 e. The van der Waals surface area contributed by atoms with Gasteiger partial charge >= 0.3 is 6.18 Å². The summed E-state index contributed by atoms with van der Waals surface area (Å²) in [4.78, 5) is 11.6. The van der Waals surface area contributed by atoms with Gasteiger partial charge in [0.15, 0.2) is 0 Å². The molecular weight excluding hydrogens is 315 g/mol. The summed E-state index contributed by atoms with van der Waals surface area (Å²) in [5.41, 5.74) is 0. The molecule has 7 heteroatoms. The molecule has 106 valence electrons. The Morgan fingerprint density at radius 1 is 1.33 bits per heavy atom. The topological polar surface area (TPSA) is 38.3 Å². The maximum atomic E-state index is 11.8. The maximum absolute atomic E-state index is 11.8. The van der Waals surface area contributed by atoms with E-state index in [0.29, 0.717) is 17.3 Å². The Hall–Kier alpha value is -0.300. The quantitative estimate of drug-likeness (QED) is 0.786. The summed E-state index contributed by atoms with van der Waals surface area (Å²) in [6.45, 7) is -1.44. The number of halogens is 4. The minimum atomic E-state index is -4.38. The van der Waals surface area contributed by atoms with Gasteiger partial charge in [-0.3, -0.25) is 4.79 Å². The summed E-state index contributed by atoms with van der Waals surface area (Å²) in [5, 5.41) is 2.61. The molecule has 0 aliphatic heterocycles. The van der Waals surface area contributed by atoms with Crippen molar-refractivity contribution < 1.29 is 22.7 Å². The predicted octanol–water partition coefficient (Wildman–Crippen LogP) is 2.64. The lowest BCUT2D eigenvalue weighted by molar-refractivity contribution is -0.175. The smallest absolute Gasteiger partial charge is 0.362 e. The molecule has 1 rings (SSSR count). The predicted molar refractivity (Wildman–Crippen MR) is 64.6 cm³/mol. The van der Waals surface area contributed by atoms with Crippen LogP contribution in [0.3, 0.4) is 0 Å². The molecule has 0 aromatic rings. The molecule has 0 spiro atoms. The van der Waals surface area contributed by atoms with Crippen molar-refractivity contribution in [2.75, 3.05) is 19.8 Å². The summed E-state index contributed by atoms with van der Waals surface area (Å²) in [7, 11) is 0. The van der Waals surface area contributed by atoms with Crippen molar-refractivity contribution in [3.8, 4) is 0 Å². The summed E-state index contributed by atoms with van der Waals surface area (Å²) in [6, 6.07) is 0. The first-order valence-electron chi connectivity index (χ1n) is 5.94. The minimum absolute atomic E-state index is 0.352. The van der Waals surface area contributed by atoms with Crippen molar-refractivity contribution >= 4 is 21.8 Å². The number of ether oxygens (including phenoxy) is 1. The van der Waals surface area contributed by atoms with Gasteiger partial charge in [0.25, 0.3) is 0 Å². The zero-order valence-corrected chi connectivity index (χ0v) is 11.5. The summed E-state index contributed by atoms with van der Waals surface area (Å²) in [6.07, 6.45) is 0.0254. The molecule has 1 amide bonds. The van der Waals surface area contributed by atoms with Crippen molar-refractivity contribution in [3.63, 3.8) is 0 Å². The average molecular weight is 332 g/mol. The molecule has 2 atom stereocenters. The van der Waals surface area contributed by atoms with Crippen LogP contribution in [0.25, 0.3) is 0 Å². The molecule has 0 saturated heterocycles. The van der Waals surface area contributed by atoms with E-state index in [9.17, 15) is 18.0 Å². The van der Waals surface area contributed by atoms with Gasteiger partial charge < -0.3 is 10.1 Å². The Labute approximate surface area is 113 Å². The van der Waals surface area contributed by atoms with Gasteiger partial charge in [-0.25, -0.2) is 0 Å². The fourth-order valence-electron chi connectivity index (χ4n) is 1.95. The van der Waals surface area contributed by atoms with E-state index in [2.05, 4.69) is 26.0 Å². The highest BCUT2D eigenvalue weighted by Gasteiger charge is 2.28. The molecule has 1 aliphatic rings. The first-order valence-corrected chi connectivity index (χ1v) is 6.85. The lowest BCUT2D eigenvalue weighted by atomic mass is 9.89. The number of carbonyl (C=O) groups excluding carboxylic acids is 1. The Balaban J connectivity index is 2.13. The summed E-state index contributed by atoms with van der Waals surface area (Å²) < 4.78 is 39.6. The largest absolute Gasteiger partial charge is 0.411 e. The van der Waals surface area contributed by atoms with Crippen LogP contribution < -0.4 is 5.32 Å². The first kappa shape index (κ1) is 15.8. The second-order valence-electron chi connectivity index (χ2n) is 4.47. The minimum Gasteiger partial charge on any atom is -0.362 e. The fourth-order valence-corrected chi connectivity index (χ4v) is 2.72. The zero-order chi connectivity index (χ0) is 13.6. The third kappa shape index (κ3) is 6.58. The van der Waals surface area contributed by atoms with Crippen LogP contribution in [0.5, 0.6) is 0 Å². The van der Waals surface area contributed by atoms with Crippen LogP contribution in [-0.2, 0) is 9.53 Å².